The number of amides is 2. The van der Waals surface area contributed by atoms with Crippen LogP contribution in [0.3, 0.4) is 0 Å². The van der Waals surface area contributed by atoms with Crippen LogP contribution in [0, 0.1) is 5.92 Å². The molecule has 0 unspecified atom stereocenters. The van der Waals surface area contributed by atoms with Crippen molar-refractivity contribution in [3.63, 3.8) is 0 Å². The highest BCUT2D eigenvalue weighted by Crippen LogP contribution is 2.27. The molecule has 1 aliphatic rings. The summed E-state index contributed by atoms with van der Waals surface area (Å²) in [5.74, 6) is 1.72. The average molecular weight is 429 g/mol. The third-order valence-corrected chi connectivity index (χ3v) is 5.73. The largest absolute Gasteiger partial charge is 0.457 e. The van der Waals surface area contributed by atoms with Crippen molar-refractivity contribution in [2.75, 3.05) is 18.0 Å². The summed E-state index contributed by atoms with van der Waals surface area (Å²) < 4.78 is 5.87. The van der Waals surface area contributed by atoms with Crippen molar-refractivity contribution >= 4 is 17.5 Å². The molecule has 4 rings (SSSR count). The number of nitrogens with one attached hydrogen (secondary N) is 1. The number of ether oxygens (including phenoxy) is 1. The normalized spacial score (nSPS) is 13.1. The lowest BCUT2D eigenvalue weighted by atomic mass is 9.85. The number of rotatable bonds is 9. The predicted molar refractivity (Wildman–Crippen MR) is 126 cm³/mol. The van der Waals surface area contributed by atoms with Crippen LogP contribution in [0.2, 0.25) is 0 Å². The number of carbonyl (C=O) groups excluding carboxylic acids is 2. The third-order valence-electron chi connectivity index (χ3n) is 5.73. The van der Waals surface area contributed by atoms with Crippen LogP contribution in [-0.4, -0.2) is 24.9 Å². The number of anilines is 1. The van der Waals surface area contributed by atoms with E-state index in [4.69, 9.17) is 4.74 Å². The van der Waals surface area contributed by atoms with Crippen molar-refractivity contribution in [1.29, 1.82) is 0 Å². The van der Waals surface area contributed by atoms with Crippen LogP contribution in [-0.2, 0) is 4.79 Å². The van der Waals surface area contributed by atoms with Gasteiger partial charge >= 0.3 is 0 Å². The van der Waals surface area contributed by atoms with Gasteiger partial charge in [-0.05, 0) is 67.8 Å². The maximum Gasteiger partial charge on any atom is 0.258 e. The van der Waals surface area contributed by atoms with Gasteiger partial charge in [0.25, 0.3) is 5.91 Å². The SMILES string of the molecule is O=C(NCCCN(C(=O)c1ccccc1)c1ccc(Oc2ccccc2)cc1)C1CCC1. The lowest BCUT2D eigenvalue weighted by molar-refractivity contribution is -0.127. The zero-order valence-electron chi connectivity index (χ0n) is 18.1. The molecule has 0 heterocycles. The molecule has 1 aliphatic carbocycles. The molecule has 0 radical (unpaired) electrons. The summed E-state index contributed by atoms with van der Waals surface area (Å²) in [5, 5.41) is 3.01. The average Bonchev–Trinajstić information content (AvgIpc) is 2.80. The van der Waals surface area contributed by atoms with Gasteiger partial charge in [-0.3, -0.25) is 9.59 Å². The quantitative estimate of drug-likeness (QED) is 0.462. The minimum absolute atomic E-state index is 0.0624. The highest BCUT2D eigenvalue weighted by atomic mass is 16.5. The summed E-state index contributed by atoms with van der Waals surface area (Å²) in [6, 6.07) is 26.4. The molecule has 0 spiro atoms. The number of hydrogen-bond acceptors (Lipinski definition) is 3. The van der Waals surface area contributed by atoms with E-state index in [9.17, 15) is 9.59 Å². The molecule has 1 fully saturated rings. The molecule has 0 bridgehead atoms. The molecule has 3 aromatic carbocycles. The van der Waals surface area contributed by atoms with Crippen LogP contribution in [0.5, 0.6) is 11.5 Å². The topological polar surface area (TPSA) is 58.6 Å². The van der Waals surface area contributed by atoms with Crippen LogP contribution in [0.1, 0.15) is 36.0 Å². The van der Waals surface area contributed by atoms with Gasteiger partial charge in [0, 0.05) is 30.3 Å². The Kier molecular flexibility index (Phi) is 7.18. The van der Waals surface area contributed by atoms with Gasteiger partial charge in [-0.2, -0.15) is 0 Å². The third kappa shape index (κ3) is 5.55. The first kappa shape index (κ1) is 21.6. The van der Waals surface area contributed by atoms with E-state index in [2.05, 4.69) is 5.32 Å². The molecule has 0 atom stereocenters. The lowest BCUT2D eigenvalue weighted by Crippen LogP contribution is -2.37. The second-order valence-corrected chi connectivity index (χ2v) is 8.00. The Balaban J connectivity index is 1.43. The van der Waals surface area contributed by atoms with Gasteiger partial charge in [0.2, 0.25) is 5.91 Å². The minimum atomic E-state index is -0.0624. The van der Waals surface area contributed by atoms with Crippen molar-refractivity contribution in [2.24, 2.45) is 5.92 Å². The van der Waals surface area contributed by atoms with Crippen LogP contribution in [0.15, 0.2) is 84.9 Å². The minimum Gasteiger partial charge on any atom is -0.457 e. The van der Waals surface area contributed by atoms with Gasteiger partial charge in [-0.15, -0.1) is 0 Å². The van der Waals surface area contributed by atoms with E-state index in [0.29, 0.717) is 30.8 Å². The van der Waals surface area contributed by atoms with E-state index in [1.807, 2.05) is 84.9 Å². The molecule has 0 aromatic heterocycles. The van der Waals surface area contributed by atoms with Crippen LogP contribution in [0.4, 0.5) is 5.69 Å². The van der Waals surface area contributed by atoms with Crippen molar-refractivity contribution < 1.29 is 14.3 Å². The molecule has 32 heavy (non-hydrogen) atoms. The second kappa shape index (κ2) is 10.6. The fourth-order valence-electron chi connectivity index (χ4n) is 3.67. The van der Waals surface area contributed by atoms with Crippen molar-refractivity contribution in [3.8, 4) is 11.5 Å². The first-order valence-electron chi connectivity index (χ1n) is 11.2. The molecule has 164 valence electrons. The first-order valence-corrected chi connectivity index (χ1v) is 11.2. The molecular weight excluding hydrogens is 400 g/mol. The monoisotopic (exact) mass is 428 g/mol. The molecule has 5 nitrogen and oxygen atoms in total. The smallest absolute Gasteiger partial charge is 0.258 e. The van der Waals surface area contributed by atoms with Crippen LogP contribution in [0.25, 0.3) is 0 Å². The van der Waals surface area contributed by atoms with E-state index in [-0.39, 0.29) is 17.7 Å². The fourth-order valence-corrected chi connectivity index (χ4v) is 3.67. The highest BCUT2D eigenvalue weighted by molar-refractivity contribution is 6.06. The Morgan fingerprint density at radius 1 is 0.844 bits per heavy atom. The first-order chi connectivity index (χ1) is 15.7. The zero-order valence-corrected chi connectivity index (χ0v) is 18.1. The van der Waals surface area contributed by atoms with Gasteiger partial charge in [0.05, 0.1) is 0 Å². The summed E-state index contributed by atoms with van der Waals surface area (Å²) in [5.41, 5.74) is 1.43. The van der Waals surface area contributed by atoms with Gasteiger partial charge in [-0.25, -0.2) is 0 Å². The Hall–Kier alpha value is -3.60. The maximum atomic E-state index is 13.2. The zero-order chi connectivity index (χ0) is 22.2. The summed E-state index contributed by atoms with van der Waals surface area (Å²) in [6.45, 7) is 1.07. The molecular formula is C27H28N2O3. The van der Waals surface area contributed by atoms with Crippen molar-refractivity contribution in [2.45, 2.75) is 25.7 Å². The lowest BCUT2D eigenvalue weighted by Gasteiger charge is -2.25. The van der Waals surface area contributed by atoms with Crippen molar-refractivity contribution in [3.05, 3.63) is 90.5 Å². The number of para-hydroxylation sites is 1. The molecule has 3 aromatic rings. The predicted octanol–water partition coefficient (Wildman–Crippen LogP) is 5.43. The summed E-state index contributed by atoms with van der Waals surface area (Å²) >= 11 is 0. The van der Waals surface area contributed by atoms with E-state index >= 15 is 0 Å². The van der Waals surface area contributed by atoms with E-state index < -0.39 is 0 Å². The van der Waals surface area contributed by atoms with Gasteiger partial charge in [0.15, 0.2) is 0 Å². The Morgan fingerprint density at radius 2 is 1.47 bits per heavy atom. The fraction of sp³-hybridized carbons (Fsp3) is 0.259. The van der Waals surface area contributed by atoms with E-state index in [1.54, 1.807) is 4.90 Å². The van der Waals surface area contributed by atoms with Crippen LogP contribution < -0.4 is 15.0 Å². The van der Waals surface area contributed by atoms with E-state index in [0.717, 1.165) is 30.7 Å². The number of benzene rings is 3. The summed E-state index contributed by atoms with van der Waals surface area (Å²) in [7, 11) is 0. The molecule has 0 aliphatic heterocycles. The molecule has 1 saturated carbocycles. The number of hydrogen-bond donors (Lipinski definition) is 1. The second-order valence-electron chi connectivity index (χ2n) is 8.00. The van der Waals surface area contributed by atoms with Crippen molar-refractivity contribution in [1.82, 2.24) is 5.32 Å². The van der Waals surface area contributed by atoms with Gasteiger partial charge < -0.3 is 15.0 Å². The number of nitrogens with zero attached hydrogens (tertiary/aromatic N) is 1. The van der Waals surface area contributed by atoms with Gasteiger partial charge in [0.1, 0.15) is 11.5 Å². The Morgan fingerprint density at radius 3 is 2.09 bits per heavy atom. The molecule has 5 heteroatoms. The molecule has 2 amide bonds. The Labute approximate surface area is 189 Å². The van der Waals surface area contributed by atoms with E-state index in [1.165, 1.54) is 0 Å². The maximum absolute atomic E-state index is 13.2. The Bertz CT molecular complexity index is 1020. The number of carbonyl (C=O) groups is 2. The standard InChI is InChI=1S/C27H28N2O3/c30-26(21-11-7-12-21)28-19-8-20-29(27(31)22-9-3-1-4-10-22)23-15-17-25(18-16-23)32-24-13-5-2-6-14-24/h1-6,9-10,13-18,21H,7-8,11-12,19-20H2,(H,28,30). The van der Waals surface area contributed by atoms with Gasteiger partial charge in [-0.1, -0.05) is 42.8 Å². The van der Waals surface area contributed by atoms with Crippen LogP contribution >= 0.6 is 0 Å². The summed E-state index contributed by atoms with van der Waals surface area (Å²) in [6.07, 6.45) is 3.80. The molecule has 0 saturated heterocycles. The highest BCUT2D eigenvalue weighted by Gasteiger charge is 2.24. The summed E-state index contributed by atoms with van der Waals surface area (Å²) in [4.78, 5) is 27.1. The molecule has 1 N–H and O–H groups in total.